The van der Waals surface area contributed by atoms with Crippen LogP contribution < -0.4 is 40.7 Å². The molecule has 0 saturated carbocycles. The molecule has 0 aliphatic heterocycles. The first-order valence-corrected chi connectivity index (χ1v) is 36.2. The Labute approximate surface area is 564 Å². The Morgan fingerprint density at radius 1 is 0.716 bits per heavy atom. The number of hydrogen-bond acceptors (Lipinski definition) is 18. The Bertz CT molecular complexity index is 2450. The van der Waals surface area contributed by atoms with Gasteiger partial charge in [0.1, 0.15) is 24.4 Å². The van der Waals surface area contributed by atoms with Crippen LogP contribution in [0.4, 0.5) is 0 Å². The van der Waals surface area contributed by atoms with Gasteiger partial charge in [-0.05, 0) is 99.1 Å². The van der Waals surface area contributed by atoms with Crippen molar-refractivity contribution < 1.29 is 51.1 Å². The van der Waals surface area contributed by atoms with E-state index >= 15 is 0 Å². The van der Waals surface area contributed by atoms with Crippen LogP contribution in [0.2, 0.25) is 38.5 Å². The smallest absolute Gasteiger partial charge is 1.00 e. The van der Waals surface area contributed by atoms with Gasteiger partial charge in [-0.15, -0.1) is 57.2 Å². The van der Waals surface area contributed by atoms with Crippen LogP contribution in [0, 0.1) is 18.6 Å². The normalized spacial score (nSPS) is 9.27. The van der Waals surface area contributed by atoms with Crippen LogP contribution >= 0.6 is 252 Å². The number of thiazole rings is 4. The van der Waals surface area contributed by atoms with E-state index in [-0.39, 0.29) is 78.3 Å². The molecule has 6 aromatic heterocycles. The van der Waals surface area contributed by atoms with Crippen LogP contribution in [-0.2, 0) is 17.7 Å². The summed E-state index contributed by atoms with van der Waals surface area (Å²) in [5.74, 6) is 0.579. The predicted octanol–water partition coefficient (Wildman–Crippen LogP) is 13.9. The van der Waals surface area contributed by atoms with E-state index in [1.54, 1.807) is 20.8 Å². The van der Waals surface area contributed by atoms with Crippen molar-refractivity contribution in [3.63, 3.8) is 0 Å². The van der Waals surface area contributed by atoms with Gasteiger partial charge >= 0.3 is 29.6 Å². The summed E-state index contributed by atoms with van der Waals surface area (Å²) >= 11 is 77.9. The molecule has 0 amide bonds. The zero-order chi connectivity index (χ0) is 56.5. The van der Waals surface area contributed by atoms with E-state index < -0.39 is 0 Å². The average Bonchev–Trinajstić information content (AvgIpc) is 4.03. The van der Waals surface area contributed by atoms with Crippen molar-refractivity contribution in [3.8, 4) is 0 Å². The largest absolute Gasteiger partial charge is 1.00 e. The van der Waals surface area contributed by atoms with E-state index in [9.17, 15) is 14.4 Å². The van der Waals surface area contributed by atoms with Crippen molar-refractivity contribution in [1.82, 2.24) is 44.8 Å². The van der Waals surface area contributed by atoms with E-state index in [1.807, 2.05) is 0 Å². The SMILES string of the molecule is BrP(Br)Br.CCN(CC)CC.CCO.CO.Cc1cc(=O)[nH]c(=S)[nH]1.Cc1cc(=O)[nH]c(SCc2sc(Cl)nc2Cl)n1.ClCCl.Clc1nc(Cl)c(CBr)s1.O=Cc1sc(Cl)nc1Cl.OCc1sc(Cl)nc1Cl.[B].[H-].[Na+]. The van der Waals surface area contributed by atoms with Gasteiger partial charge in [0.15, 0.2) is 39.2 Å². The van der Waals surface area contributed by atoms with Gasteiger partial charge in [0.2, 0.25) is 0 Å². The summed E-state index contributed by atoms with van der Waals surface area (Å²) in [4.78, 5) is 64.1. The number of aliphatic hydroxyl groups is 3. The van der Waals surface area contributed by atoms with E-state index in [2.05, 4.69) is 140 Å². The average molecular weight is 1630 g/mol. The Balaban J connectivity index is -0.000000144. The van der Waals surface area contributed by atoms with Gasteiger partial charge in [-0.25, -0.2) is 24.9 Å². The maximum absolute atomic E-state index is 11.2. The van der Waals surface area contributed by atoms with Crippen molar-refractivity contribution in [1.29, 1.82) is 0 Å². The summed E-state index contributed by atoms with van der Waals surface area (Å²) in [7, 11) is 1.00. The number of aryl methyl sites for hydroxylation is 2. The van der Waals surface area contributed by atoms with E-state index in [0.717, 1.165) is 39.2 Å². The zero-order valence-electron chi connectivity index (χ0n) is 40.9. The summed E-state index contributed by atoms with van der Waals surface area (Å²) in [6.45, 7) is 15.5. The van der Waals surface area contributed by atoms with Gasteiger partial charge in [0, 0.05) is 56.7 Å². The number of thioether (sulfide) groups is 1. The van der Waals surface area contributed by atoms with Crippen molar-refractivity contribution in [3.05, 3.63) is 107 Å². The molecule has 0 unspecified atom stereocenters. The van der Waals surface area contributed by atoms with Crippen molar-refractivity contribution >= 4 is 266 Å². The van der Waals surface area contributed by atoms with Crippen LogP contribution in [0.25, 0.3) is 0 Å². The Hall–Kier alpha value is 2.67. The van der Waals surface area contributed by atoms with Crippen LogP contribution in [0.15, 0.2) is 26.9 Å². The molecule has 0 aromatic carbocycles. The van der Waals surface area contributed by atoms with Crippen LogP contribution in [0.1, 0.15) is 64.8 Å². The van der Waals surface area contributed by atoms with Gasteiger partial charge in [-0.3, -0.25) is 19.4 Å². The molecule has 15 nitrogen and oxygen atoms in total. The number of aromatic amines is 3. The second kappa shape index (κ2) is 56.2. The minimum atomic E-state index is -0.183. The number of nitrogens with zero attached hydrogens (tertiary/aromatic N) is 6. The molecule has 0 aliphatic rings. The molecule has 0 bridgehead atoms. The number of nitrogens with one attached hydrogen (secondary N) is 3. The zero-order valence-corrected chi connectivity index (χ0v) is 61.6. The Morgan fingerprint density at radius 2 is 1.09 bits per heavy atom. The first-order chi connectivity index (χ1) is 33.8. The molecule has 0 spiro atoms. The maximum Gasteiger partial charge on any atom is 1.00 e. The van der Waals surface area contributed by atoms with Gasteiger partial charge in [-0.2, -0.15) is 0 Å². The maximum atomic E-state index is 11.2. The van der Waals surface area contributed by atoms with E-state index in [0.29, 0.717) is 70.7 Å². The second-order valence-electron chi connectivity index (χ2n) is 11.1. The number of halogens is 14. The quantitative estimate of drug-likeness (QED) is 0.0151. The number of alkyl halides is 3. The van der Waals surface area contributed by atoms with Gasteiger partial charge in [0.25, 0.3) is 11.1 Å². The topological polar surface area (TPSA) is 227 Å². The van der Waals surface area contributed by atoms with Crippen LogP contribution in [0.3, 0.4) is 0 Å². The second-order valence-corrected chi connectivity index (χ2v) is 37.2. The molecule has 0 aliphatic carbocycles. The standard InChI is InChI=1S/C9H7Cl2N3OS2.C6H15N.C5H6N2OS.C4H2BrCl2NS.C4H3Cl2NOS.C4HCl2NOS.C2H6O.CH2Cl2.CH4O.B.Br3P.Na.H/c1-4-2-6(15)13-9(12-4)16-3-5-7(10)14-8(11)17-5;1-4-7(5-2)6-3;1-3-2-4(8)7-5(9)6-3;5-1-2-3(6)8-4(7)9-2;2*5-3-2(1-8)9-4(6)7-3;1-2-3;2-1-3;1-2;;1-4(2)3;;/h2H,3H2,1H3,(H,12,13,15);4-6H2,1-3H3;2H,1H3,(H2,6,7,8,9);1H2;8H,1H2;1H;3H,2H2,1H3;1H2;2H,1H3;;;;/q;;;;;;;;;;;+1;-1. The predicted molar refractivity (Wildman–Crippen MR) is 340 cm³/mol. The number of aromatic nitrogens is 8. The molecule has 415 valence electrons. The summed E-state index contributed by atoms with van der Waals surface area (Å²) in [5, 5.41) is 26.0. The molecule has 6 rings (SSSR count). The molecule has 38 heteroatoms. The number of H-pyrrole nitrogens is 3. The fraction of sp³-hybridized carbons (Fsp3) is 0.417. The minimum Gasteiger partial charge on any atom is -1.00 e. The fourth-order valence-corrected chi connectivity index (χ4v) is 10.7. The van der Waals surface area contributed by atoms with Crippen LogP contribution in [-0.4, -0.2) is 113 Å². The van der Waals surface area contributed by atoms with E-state index in [4.69, 9.17) is 131 Å². The third-order valence-corrected chi connectivity index (χ3v) is 14.7. The number of aldehydes is 1. The summed E-state index contributed by atoms with van der Waals surface area (Å²) in [6.07, 6.45) is 0.631. The van der Waals surface area contributed by atoms with Gasteiger partial charge in [0.05, 0.1) is 26.6 Å². The number of rotatable bonds is 9. The molecule has 0 fully saturated rings. The first-order valence-electron chi connectivity index (χ1n) is 18.9. The molecule has 0 atom stereocenters. The first kappa shape index (κ1) is 87.9. The number of carbonyl (C=O) groups is 1. The van der Waals surface area contributed by atoms with Gasteiger partial charge < -0.3 is 31.6 Å². The summed E-state index contributed by atoms with van der Waals surface area (Å²) in [5.41, 5.74) is 1.15. The molecule has 6 N–H and O–H groups in total. The Morgan fingerprint density at radius 3 is 1.34 bits per heavy atom. The summed E-state index contributed by atoms with van der Waals surface area (Å²) in [6, 6.07) is 2.90. The monoisotopic (exact) mass is 1620 g/mol. The third kappa shape index (κ3) is 48.2. The molecular weight excluding hydrogens is 1590 g/mol. The summed E-state index contributed by atoms with van der Waals surface area (Å²) < 4.78 is 1.76. The van der Waals surface area contributed by atoms with Crippen molar-refractivity contribution in [2.45, 2.75) is 64.4 Å². The number of carbonyl (C=O) groups excluding carboxylic acids is 1. The van der Waals surface area contributed by atoms with Crippen molar-refractivity contribution in [2.24, 2.45) is 0 Å². The van der Waals surface area contributed by atoms with Crippen LogP contribution in [0.5, 0.6) is 0 Å². The van der Waals surface area contributed by atoms with Crippen molar-refractivity contribution in [2.75, 3.05) is 38.7 Å². The number of hydrogen-bond donors (Lipinski definition) is 6. The fourth-order valence-electron chi connectivity index (χ4n) is 3.56. The molecule has 0 saturated heterocycles. The Kier molecular flexibility index (Phi) is 66.7. The van der Waals surface area contributed by atoms with E-state index in [1.165, 1.54) is 77.5 Å². The molecule has 74 heavy (non-hydrogen) atoms. The minimum absolute atomic E-state index is 0. The molecule has 3 radical (unpaired) electrons. The number of aliphatic hydroxyl groups excluding tert-OH is 3. The third-order valence-electron chi connectivity index (χ3n) is 6.25. The van der Waals surface area contributed by atoms with Gasteiger partial charge in [-0.1, -0.05) is 153 Å². The molecular formula is C36H47BBr4Cl10N9NaO6PS6. The molecule has 6 aromatic rings. The molecule has 6 heterocycles.